The van der Waals surface area contributed by atoms with Crippen LogP contribution in [0.2, 0.25) is 0 Å². The molecule has 2 aromatic rings. The number of carbonyl (C=O) groups is 2. The predicted molar refractivity (Wildman–Crippen MR) is 90.5 cm³/mol. The van der Waals surface area contributed by atoms with Crippen molar-refractivity contribution in [1.29, 1.82) is 0 Å². The average molecular weight is 371 g/mol. The van der Waals surface area contributed by atoms with Crippen molar-refractivity contribution in [2.75, 3.05) is 0 Å². The first-order valence-corrected chi connectivity index (χ1v) is 8.49. The number of benzene rings is 1. The zero-order valence-electron chi connectivity index (χ0n) is 14.5. The molecule has 4 rings (SSSR count). The summed E-state index contributed by atoms with van der Waals surface area (Å²) in [7, 11) is 1.53. The molecular formula is C19H19N2O6+. The maximum absolute atomic E-state index is 13.1. The summed E-state index contributed by atoms with van der Waals surface area (Å²) < 4.78 is 12.6. The van der Waals surface area contributed by atoms with Crippen molar-refractivity contribution in [2.24, 2.45) is 18.7 Å². The van der Waals surface area contributed by atoms with E-state index in [9.17, 15) is 19.8 Å². The number of rotatable bonds is 3. The normalized spacial score (nSPS) is 29.4. The number of fused-ring (bicyclic) bond motifs is 2. The fourth-order valence-electron chi connectivity index (χ4n) is 3.76. The topological polar surface area (TPSA) is 127 Å². The highest BCUT2D eigenvalue weighted by atomic mass is 16.6. The van der Waals surface area contributed by atoms with Gasteiger partial charge in [0.25, 0.3) is 0 Å². The average Bonchev–Trinajstić information content (AvgIpc) is 2.99. The number of ketones is 2. The Balaban J connectivity index is 1.78. The molecule has 140 valence electrons. The van der Waals surface area contributed by atoms with Gasteiger partial charge >= 0.3 is 5.88 Å². The van der Waals surface area contributed by atoms with Crippen molar-refractivity contribution < 1.29 is 33.8 Å². The molecule has 0 amide bonds. The lowest BCUT2D eigenvalue weighted by atomic mass is 9.64. The van der Waals surface area contributed by atoms with Crippen LogP contribution in [-0.2, 0) is 18.4 Å². The number of aromatic nitrogens is 1. The maximum atomic E-state index is 13.1. The van der Waals surface area contributed by atoms with Crippen LogP contribution in [-0.4, -0.2) is 33.5 Å². The van der Waals surface area contributed by atoms with E-state index in [-0.39, 0.29) is 23.8 Å². The van der Waals surface area contributed by atoms with Gasteiger partial charge in [-0.05, 0) is 11.6 Å². The number of Topliss-reactive ketones (excluding diaryl/α,β-unsaturated/α-hetero) is 1. The van der Waals surface area contributed by atoms with Crippen LogP contribution in [0.25, 0.3) is 0 Å². The molecule has 0 aliphatic heterocycles. The number of hydrogen-bond donors (Lipinski definition) is 3. The lowest BCUT2D eigenvalue weighted by molar-refractivity contribution is -0.848. The lowest BCUT2D eigenvalue weighted by Crippen LogP contribution is -2.63. The molecule has 0 saturated heterocycles. The third-order valence-corrected chi connectivity index (χ3v) is 5.13. The minimum atomic E-state index is -2.46. The molecular weight excluding hydrogens is 352 g/mol. The van der Waals surface area contributed by atoms with Crippen LogP contribution in [0.1, 0.15) is 27.7 Å². The summed E-state index contributed by atoms with van der Waals surface area (Å²) in [5.74, 6) is -2.80. The smallest absolute Gasteiger partial charge is 0.426 e. The molecule has 4 N–H and O–H groups in total. The van der Waals surface area contributed by atoms with Gasteiger partial charge in [0, 0.05) is 4.74 Å². The van der Waals surface area contributed by atoms with Crippen molar-refractivity contribution >= 4 is 11.6 Å². The van der Waals surface area contributed by atoms with Crippen LogP contribution < -0.4 is 15.2 Å². The first kappa shape index (κ1) is 17.6. The van der Waals surface area contributed by atoms with E-state index in [0.717, 1.165) is 11.6 Å². The van der Waals surface area contributed by atoms with Gasteiger partial charge < -0.3 is 20.7 Å². The summed E-state index contributed by atoms with van der Waals surface area (Å²) in [6.07, 6.45) is 0.959. The van der Waals surface area contributed by atoms with Crippen molar-refractivity contribution in [3.63, 3.8) is 0 Å². The Morgan fingerprint density at radius 2 is 2.00 bits per heavy atom. The van der Waals surface area contributed by atoms with Gasteiger partial charge in [-0.1, -0.05) is 36.4 Å². The highest BCUT2D eigenvalue weighted by Crippen LogP contribution is 2.46. The Morgan fingerprint density at radius 3 is 2.70 bits per heavy atom. The SMILES string of the molecule is C[n+]1oc2c(c1OCc1ccccc1)C(=O)C1(O)C(=O)C=CC(O)C1C2N. The van der Waals surface area contributed by atoms with Gasteiger partial charge in [-0.3, -0.25) is 9.59 Å². The number of ether oxygens (including phenoxy) is 1. The summed E-state index contributed by atoms with van der Waals surface area (Å²) in [4.78, 5) is 25.5. The zero-order chi connectivity index (χ0) is 19.3. The summed E-state index contributed by atoms with van der Waals surface area (Å²) in [6.45, 7) is 0.154. The van der Waals surface area contributed by atoms with Crippen molar-refractivity contribution in [3.05, 3.63) is 59.4 Å². The van der Waals surface area contributed by atoms with E-state index in [4.69, 9.17) is 15.0 Å². The molecule has 1 heterocycles. The summed E-state index contributed by atoms with van der Waals surface area (Å²) in [5.41, 5.74) is 4.50. The minimum absolute atomic E-state index is 0.0676. The number of aliphatic hydroxyl groups is 2. The third-order valence-electron chi connectivity index (χ3n) is 5.13. The number of aryl methyl sites for hydroxylation is 1. The Bertz CT molecular complexity index is 951. The van der Waals surface area contributed by atoms with E-state index in [1.54, 1.807) is 0 Å². The standard InChI is InChI=1S/C19H19N2O6/c1-21-18(26-9-10-5-3-2-4-6-10)13-16(27-21)15(20)14-11(22)7-8-12(23)19(14,25)17(13)24/h2-8,11,14-15,22,25H,9,20H2,1H3/q+1. The number of hydrogen-bond acceptors (Lipinski definition) is 7. The molecule has 0 saturated carbocycles. The van der Waals surface area contributed by atoms with Crippen LogP contribution in [0.4, 0.5) is 0 Å². The Kier molecular flexibility index (Phi) is 3.99. The van der Waals surface area contributed by atoms with E-state index < -0.39 is 35.2 Å². The molecule has 0 bridgehead atoms. The second kappa shape index (κ2) is 6.12. The van der Waals surface area contributed by atoms with E-state index in [1.165, 1.54) is 17.9 Å². The van der Waals surface area contributed by atoms with Crippen LogP contribution in [0.5, 0.6) is 5.88 Å². The number of nitrogens with two attached hydrogens (primary N) is 1. The third kappa shape index (κ3) is 2.45. The van der Waals surface area contributed by atoms with Gasteiger partial charge in [0.15, 0.2) is 24.0 Å². The van der Waals surface area contributed by atoms with Crippen LogP contribution in [0.3, 0.4) is 0 Å². The van der Waals surface area contributed by atoms with E-state index in [0.29, 0.717) is 0 Å². The van der Waals surface area contributed by atoms with Gasteiger partial charge in [0.2, 0.25) is 11.5 Å². The molecule has 0 fully saturated rings. The second-order valence-electron chi connectivity index (χ2n) is 6.77. The molecule has 0 spiro atoms. The molecule has 1 aromatic heterocycles. The molecule has 0 radical (unpaired) electrons. The monoisotopic (exact) mass is 371 g/mol. The molecule has 4 atom stereocenters. The highest BCUT2D eigenvalue weighted by molar-refractivity contribution is 6.23. The van der Waals surface area contributed by atoms with Crippen LogP contribution >= 0.6 is 0 Å². The molecule has 27 heavy (non-hydrogen) atoms. The number of aliphatic hydroxyl groups excluding tert-OH is 1. The largest absolute Gasteiger partial charge is 0.436 e. The fraction of sp³-hybridized carbons (Fsp3) is 0.316. The van der Waals surface area contributed by atoms with E-state index >= 15 is 0 Å². The fourth-order valence-corrected chi connectivity index (χ4v) is 3.76. The Hall–Kier alpha value is -2.81. The summed E-state index contributed by atoms with van der Waals surface area (Å²) in [6, 6.07) is 8.23. The Morgan fingerprint density at radius 1 is 1.30 bits per heavy atom. The first-order chi connectivity index (χ1) is 12.9. The second-order valence-corrected chi connectivity index (χ2v) is 6.77. The van der Waals surface area contributed by atoms with Gasteiger partial charge in [0.1, 0.15) is 6.61 Å². The highest BCUT2D eigenvalue weighted by Gasteiger charge is 2.64. The van der Waals surface area contributed by atoms with Gasteiger partial charge in [0.05, 0.1) is 18.1 Å². The van der Waals surface area contributed by atoms with Crippen molar-refractivity contribution in [1.82, 2.24) is 0 Å². The van der Waals surface area contributed by atoms with E-state index in [2.05, 4.69) is 0 Å². The number of nitrogens with zero attached hydrogens (tertiary/aromatic N) is 1. The molecule has 8 heteroatoms. The van der Waals surface area contributed by atoms with Crippen LogP contribution in [0.15, 0.2) is 47.0 Å². The molecule has 8 nitrogen and oxygen atoms in total. The van der Waals surface area contributed by atoms with Crippen molar-refractivity contribution in [2.45, 2.75) is 24.4 Å². The van der Waals surface area contributed by atoms with Crippen LogP contribution in [0, 0.1) is 5.92 Å². The minimum Gasteiger partial charge on any atom is -0.436 e. The summed E-state index contributed by atoms with van der Waals surface area (Å²) >= 11 is 0. The van der Waals surface area contributed by atoms with Gasteiger partial charge in [-0.25, -0.2) is 4.52 Å². The van der Waals surface area contributed by atoms with Gasteiger partial charge in [-0.2, -0.15) is 0 Å². The quantitative estimate of drug-likeness (QED) is 0.500. The maximum Gasteiger partial charge on any atom is 0.426 e. The van der Waals surface area contributed by atoms with Gasteiger partial charge in [-0.15, -0.1) is 0 Å². The summed E-state index contributed by atoms with van der Waals surface area (Å²) in [5, 5.41) is 21.2. The molecule has 2 aliphatic rings. The first-order valence-electron chi connectivity index (χ1n) is 8.49. The number of carbonyl (C=O) groups excluding carboxylic acids is 2. The molecule has 1 aromatic carbocycles. The molecule has 4 unspecified atom stereocenters. The Labute approximate surface area is 154 Å². The lowest BCUT2D eigenvalue weighted by Gasteiger charge is -2.41. The van der Waals surface area contributed by atoms with Crippen molar-refractivity contribution in [3.8, 4) is 5.88 Å². The molecule has 2 aliphatic carbocycles. The predicted octanol–water partition coefficient (Wildman–Crippen LogP) is -0.274. The zero-order valence-corrected chi connectivity index (χ0v) is 14.5. The van der Waals surface area contributed by atoms with E-state index in [1.807, 2.05) is 30.3 Å².